The second-order valence-corrected chi connectivity index (χ2v) is 6.17. The lowest BCUT2D eigenvalue weighted by Gasteiger charge is -2.33. The third kappa shape index (κ3) is 2.55. The van der Waals surface area contributed by atoms with Gasteiger partial charge in [0.1, 0.15) is 0 Å². The predicted molar refractivity (Wildman–Crippen MR) is 79.6 cm³/mol. The van der Waals surface area contributed by atoms with Crippen molar-refractivity contribution in [2.45, 2.75) is 39.0 Å². The monoisotopic (exact) mass is 271 g/mol. The number of carbonyl (C=O) groups excluding carboxylic acids is 1. The number of benzene rings is 1. The molecule has 3 rings (SSSR count). The number of aromatic amines is 1. The van der Waals surface area contributed by atoms with Crippen molar-refractivity contribution in [3.63, 3.8) is 0 Å². The van der Waals surface area contributed by atoms with Crippen molar-refractivity contribution in [1.82, 2.24) is 15.5 Å². The maximum atomic E-state index is 12.3. The zero-order valence-electron chi connectivity index (χ0n) is 11.9. The summed E-state index contributed by atoms with van der Waals surface area (Å²) in [7, 11) is 0. The summed E-state index contributed by atoms with van der Waals surface area (Å²) in [6, 6.07) is 7.72. The van der Waals surface area contributed by atoms with Crippen LogP contribution < -0.4 is 5.32 Å². The standard InChI is InChI=1S/C16H21N3O/c1-16(9-5-2-6-10-16)11-17-15(20)14-12-7-3-4-8-13(12)18-19-14/h3-4,7-8H,2,5-6,9-11H2,1H3,(H,17,20)(H,18,19). The molecular formula is C16H21N3O. The van der Waals surface area contributed by atoms with Crippen LogP contribution in [0.2, 0.25) is 0 Å². The zero-order chi connectivity index (χ0) is 14.0. The van der Waals surface area contributed by atoms with Crippen molar-refractivity contribution in [2.75, 3.05) is 6.54 Å². The smallest absolute Gasteiger partial charge is 0.272 e. The van der Waals surface area contributed by atoms with Crippen LogP contribution in [0.4, 0.5) is 0 Å². The Labute approximate surface area is 119 Å². The van der Waals surface area contributed by atoms with Crippen LogP contribution in [-0.4, -0.2) is 22.6 Å². The molecule has 4 nitrogen and oxygen atoms in total. The fourth-order valence-corrected chi connectivity index (χ4v) is 3.10. The first-order valence-corrected chi connectivity index (χ1v) is 7.39. The van der Waals surface area contributed by atoms with Gasteiger partial charge in [-0.15, -0.1) is 0 Å². The van der Waals surface area contributed by atoms with Gasteiger partial charge in [-0.1, -0.05) is 44.4 Å². The first-order valence-electron chi connectivity index (χ1n) is 7.39. The largest absolute Gasteiger partial charge is 0.350 e. The van der Waals surface area contributed by atoms with Crippen LogP contribution in [-0.2, 0) is 0 Å². The lowest BCUT2D eigenvalue weighted by atomic mass is 9.76. The second kappa shape index (κ2) is 5.27. The molecule has 1 amide bonds. The van der Waals surface area contributed by atoms with Crippen LogP contribution in [0.5, 0.6) is 0 Å². The van der Waals surface area contributed by atoms with E-state index in [1.54, 1.807) is 0 Å². The molecule has 1 saturated carbocycles. The number of nitrogens with one attached hydrogen (secondary N) is 2. The molecule has 1 aliphatic carbocycles. The van der Waals surface area contributed by atoms with E-state index >= 15 is 0 Å². The number of rotatable bonds is 3. The normalized spacial score (nSPS) is 18.1. The van der Waals surface area contributed by atoms with Crippen molar-refractivity contribution in [1.29, 1.82) is 0 Å². The summed E-state index contributed by atoms with van der Waals surface area (Å²) in [5, 5.41) is 11.0. The summed E-state index contributed by atoms with van der Waals surface area (Å²) >= 11 is 0. The summed E-state index contributed by atoms with van der Waals surface area (Å²) in [5.41, 5.74) is 1.65. The Hall–Kier alpha value is -1.84. The lowest BCUT2D eigenvalue weighted by Crippen LogP contribution is -2.37. The molecule has 1 fully saturated rings. The second-order valence-electron chi connectivity index (χ2n) is 6.17. The molecule has 0 radical (unpaired) electrons. The van der Waals surface area contributed by atoms with Crippen molar-refractivity contribution in [3.05, 3.63) is 30.0 Å². The highest BCUT2D eigenvalue weighted by atomic mass is 16.1. The highest BCUT2D eigenvalue weighted by molar-refractivity contribution is 6.04. The molecule has 1 heterocycles. The van der Waals surface area contributed by atoms with E-state index in [1.165, 1.54) is 32.1 Å². The lowest BCUT2D eigenvalue weighted by molar-refractivity contribution is 0.0916. The Balaban J connectivity index is 1.70. The van der Waals surface area contributed by atoms with E-state index in [1.807, 2.05) is 24.3 Å². The zero-order valence-corrected chi connectivity index (χ0v) is 11.9. The highest BCUT2D eigenvalue weighted by Gasteiger charge is 2.27. The van der Waals surface area contributed by atoms with E-state index in [-0.39, 0.29) is 11.3 Å². The summed E-state index contributed by atoms with van der Waals surface area (Å²) in [5.74, 6) is -0.0748. The molecule has 0 spiro atoms. The average Bonchev–Trinajstić information content (AvgIpc) is 2.90. The van der Waals surface area contributed by atoms with Crippen molar-refractivity contribution >= 4 is 16.8 Å². The van der Waals surface area contributed by atoms with Crippen LogP contribution in [0.1, 0.15) is 49.5 Å². The first kappa shape index (κ1) is 13.2. The van der Waals surface area contributed by atoms with Gasteiger partial charge in [0.15, 0.2) is 5.69 Å². The molecule has 106 valence electrons. The molecule has 20 heavy (non-hydrogen) atoms. The minimum atomic E-state index is -0.0748. The topological polar surface area (TPSA) is 57.8 Å². The van der Waals surface area contributed by atoms with E-state index in [0.29, 0.717) is 5.69 Å². The van der Waals surface area contributed by atoms with Crippen LogP contribution in [0.15, 0.2) is 24.3 Å². The number of fused-ring (bicyclic) bond motifs is 1. The van der Waals surface area contributed by atoms with Gasteiger partial charge in [0.25, 0.3) is 5.91 Å². The van der Waals surface area contributed by atoms with Gasteiger partial charge in [0.05, 0.1) is 5.52 Å². The summed E-state index contributed by atoms with van der Waals surface area (Å²) in [6.45, 7) is 3.02. The van der Waals surface area contributed by atoms with E-state index in [9.17, 15) is 4.79 Å². The van der Waals surface area contributed by atoms with E-state index in [4.69, 9.17) is 0 Å². The third-order valence-electron chi connectivity index (χ3n) is 4.42. The van der Waals surface area contributed by atoms with Crippen molar-refractivity contribution < 1.29 is 4.79 Å². The Morgan fingerprint density at radius 2 is 2.05 bits per heavy atom. The van der Waals surface area contributed by atoms with Gasteiger partial charge in [0.2, 0.25) is 0 Å². The summed E-state index contributed by atoms with van der Waals surface area (Å²) < 4.78 is 0. The number of H-pyrrole nitrogens is 1. The van der Waals surface area contributed by atoms with E-state index in [0.717, 1.165) is 17.4 Å². The number of nitrogens with zero attached hydrogens (tertiary/aromatic N) is 1. The average molecular weight is 271 g/mol. The van der Waals surface area contributed by atoms with Crippen LogP contribution >= 0.6 is 0 Å². The third-order valence-corrected chi connectivity index (χ3v) is 4.42. The number of hydrogen-bond donors (Lipinski definition) is 2. The fourth-order valence-electron chi connectivity index (χ4n) is 3.10. The van der Waals surface area contributed by atoms with Crippen LogP contribution in [0.3, 0.4) is 0 Å². The van der Waals surface area contributed by atoms with E-state index in [2.05, 4.69) is 22.4 Å². The van der Waals surface area contributed by atoms with Gasteiger partial charge in [0, 0.05) is 11.9 Å². The number of amides is 1. The molecule has 1 aromatic heterocycles. The molecule has 1 aliphatic rings. The van der Waals surface area contributed by atoms with Crippen LogP contribution in [0.25, 0.3) is 10.9 Å². The van der Waals surface area contributed by atoms with Crippen LogP contribution in [0, 0.1) is 5.41 Å². The quantitative estimate of drug-likeness (QED) is 0.900. The van der Waals surface area contributed by atoms with Gasteiger partial charge in [-0.05, 0) is 24.3 Å². The maximum absolute atomic E-state index is 12.3. The van der Waals surface area contributed by atoms with Crippen molar-refractivity contribution in [2.24, 2.45) is 5.41 Å². The number of para-hydroxylation sites is 1. The molecular weight excluding hydrogens is 250 g/mol. The molecule has 2 N–H and O–H groups in total. The van der Waals surface area contributed by atoms with Gasteiger partial charge < -0.3 is 5.32 Å². The van der Waals surface area contributed by atoms with Gasteiger partial charge in [-0.25, -0.2) is 0 Å². The minimum Gasteiger partial charge on any atom is -0.350 e. The maximum Gasteiger partial charge on any atom is 0.272 e. The molecule has 0 unspecified atom stereocenters. The molecule has 4 heteroatoms. The van der Waals surface area contributed by atoms with Gasteiger partial charge >= 0.3 is 0 Å². The van der Waals surface area contributed by atoms with Crippen molar-refractivity contribution in [3.8, 4) is 0 Å². The Morgan fingerprint density at radius 1 is 1.30 bits per heavy atom. The number of aromatic nitrogens is 2. The van der Waals surface area contributed by atoms with Gasteiger partial charge in [-0.2, -0.15) is 5.10 Å². The molecule has 0 saturated heterocycles. The Morgan fingerprint density at radius 3 is 2.85 bits per heavy atom. The van der Waals surface area contributed by atoms with Gasteiger partial charge in [-0.3, -0.25) is 9.89 Å². The molecule has 0 bridgehead atoms. The summed E-state index contributed by atoms with van der Waals surface area (Å²) in [6.07, 6.45) is 6.28. The molecule has 1 aromatic carbocycles. The highest BCUT2D eigenvalue weighted by Crippen LogP contribution is 2.35. The Kier molecular flexibility index (Phi) is 3.47. The molecule has 2 aromatic rings. The molecule has 0 aliphatic heterocycles. The number of hydrogen-bond acceptors (Lipinski definition) is 2. The first-order chi connectivity index (χ1) is 9.68. The summed E-state index contributed by atoms with van der Waals surface area (Å²) in [4.78, 5) is 12.3. The predicted octanol–water partition coefficient (Wildman–Crippen LogP) is 3.26. The minimum absolute atomic E-state index is 0.0748. The number of carbonyl (C=O) groups is 1. The molecule has 0 atom stereocenters. The Bertz CT molecular complexity index is 611. The van der Waals surface area contributed by atoms with E-state index < -0.39 is 0 Å². The SMILES string of the molecule is CC1(CNC(=O)c2n[nH]c3ccccc23)CCCCC1. The fraction of sp³-hybridized carbons (Fsp3) is 0.500.